The Morgan fingerprint density at radius 1 is 0.521 bits per heavy atom. The minimum Gasteiger partial charge on any atom is -0.379 e. The third kappa shape index (κ3) is 33.3. The highest BCUT2D eigenvalue weighted by atomic mass is 16.5. The van der Waals surface area contributed by atoms with Crippen LogP contribution in [0.15, 0.2) is 48.6 Å². The molecular formula is C44H81NO3. The van der Waals surface area contributed by atoms with Crippen LogP contribution in [0.4, 0.5) is 0 Å². The number of unbranched alkanes of at least 4 members (excludes halogenated alkanes) is 18. The Morgan fingerprint density at radius 3 is 1.46 bits per heavy atom. The smallest absolute Gasteiger partial charge is 0.0820 e. The van der Waals surface area contributed by atoms with E-state index in [0.29, 0.717) is 0 Å². The summed E-state index contributed by atoms with van der Waals surface area (Å²) < 4.78 is 18.1. The molecule has 1 unspecified atom stereocenters. The molecule has 280 valence electrons. The van der Waals surface area contributed by atoms with E-state index < -0.39 is 0 Å². The fourth-order valence-corrected chi connectivity index (χ4v) is 6.11. The van der Waals surface area contributed by atoms with Gasteiger partial charge in [-0.15, -0.1) is 0 Å². The number of hydrogen-bond donors (Lipinski definition) is 0. The van der Waals surface area contributed by atoms with Gasteiger partial charge in [0.1, 0.15) is 0 Å². The molecule has 0 spiro atoms. The van der Waals surface area contributed by atoms with E-state index in [1.165, 1.54) is 141 Å². The molecule has 48 heavy (non-hydrogen) atoms. The SMILES string of the molecule is CCCCC/C=C/C/C=C/CCCCCCCCOCC(CCN1CCOCC1)OCCCCCCCC/C=C/C/C=C/CCCCC. The predicted molar refractivity (Wildman–Crippen MR) is 211 cm³/mol. The molecule has 0 aromatic heterocycles. The van der Waals surface area contributed by atoms with E-state index in [-0.39, 0.29) is 6.10 Å². The van der Waals surface area contributed by atoms with E-state index in [2.05, 4.69) is 67.4 Å². The summed E-state index contributed by atoms with van der Waals surface area (Å²) in [7, 11) is 0. The van der Waals surface area contributed by atoms with Crippen LogP contribution >= 0.6 is 0 Å². The lowest BCUT2D eigenvalue weighted by atomic mass is 10.1. The van der Waals surface area contributed by atoms with Crippen LogP contribution < -0.4 is 0 Å². The first-order chi connectivity index (χ1) is 23.9. The van der Waals surface area contributed by atoms with E-state index in [0.717, 1.165) is 71.9 Å². The fourth-order valence-electron chi connectivity index (χ4n) is 6.11. The van der Waals surface area contributed by atoms with Gasteiger partial charge >= 0.3 is 0 Å². The van der Waals surface area contributed by atoms with Crippen LogP contribution in [-0.2, 0) is 14.2 Å². The van der Waals surface area contributed by atoms with Crippen LogP contribution in [0.25, 0.3) is 0 Å². The van der Waals surface area contributed by atoms with Crippen LogP contribution in [0.1, 0.15) is 174 Å². The van der Waals surface area contributed by atoms with Gasteiger partial charge < -0.3 is 14.2 Å². The van der Waals surface area contributed by atoms with Crippen LogP contribution in [0.3, 0.4) is 0 Å². The topological polar surface area (TPSA) is 30.9 Å². The van der Waals surface area contributed by atoms with Crippen LogP contribution in [0, 0.1) is 0 Å². The highest BCUT2D eigenvalue weighted by Gasteiger charge is 2.15. The first kappa shape index (κ1) is 44.8. The normalized spacial score (nSPS) is 15.3. The Hall–Kier alpha value is -1.20. The van der Waals surface area contributed by atoms with Gasteiger partial charge in [0.05, 0.1) is 25.9 Å². The molecule has 1 heterocycles. The summed E-state index contributed by atoms with van der Waals surface area (Å²) in [5, 5.41) is 0. The first-order valence-corrected chi connectivity index (χ1v) is 21.0. The minimum atomic E-state index is 0.218. The number of rotatable bonds is 36. The predicted octanol–water partition coefficient (Wildman–Crippen LogP) is 12.7. The van der Waals surface area contributed by atoms with E-state index in [1.54, 1.807) is 0 Å². The van der Waals surface area contributed by atoms with E-state index in [1.807, 2.05) is 0 Å². The molecule has 0 saturated carbocycles. The molecule has 0 radical (unpaired) electrons. The summed E-state index contributed by atoms with van der Waals surface area (Å²) in [6, 6.07) is 0. The molecule has 1 atom stereocenters. The highest BCUT2D eigenvalue weighted by molar-refractivity contribution is 4.93. The number of hydrogen-bond acceptors (Lipinski definition) is 4. The van der Waals surface area contributed by atoms with E-state index in [4.69, 9.17) is 14.2 Å². The molecule has 4 heteroatoms. The summed E-state index contributed by atoms with van der Waals surface area (Å²) in [6.07, 6.45) is 50.8. The largest absolute Gasteiger partial charge is 0.379 e. The molecule has 0 amide bonds. The molecule has 1 aliphatic heterocycles. The van der Waals surface area contributed by atoms with Crippen LogP contribution in [-0.4, -0.2) is 63.7 Å². The summed E-state index contributed by atoms with van der Waals surface area (Å²) in [5.41, 5.74) is 0. The maximum absolute atomic E-state index is 6.38. The van der Waals surface area contributed by atoms with Crippen molar-refractivity contribution in [2.75, 3.05) is 52.7 Å². The van der Waals surface area contributed by atoms with Gasteiger partial charge in [0, 0.05) is 32.8 Å². The first-order valence-electron chi connectivity index (χ1n) is 21.0. The van der Waals surface area contributed by atoms with E-state index >= 15 is 0 Å². The molecule has 0 bridgehead atoms. The van der Waals surface area contributed by atoms with Crippen molar-refractivity contribution in [2.45, 2.75) is 180 Å². The van der Waals surface area contributed by atoms with Gasteiger partial charge in [-0.05, 0) is 83.5 Å². The maximum atomic E-state index is 6.38. The summed E-state index contributed by atoms with van der Waals surface area (Å²) in [4.78, 5) is 2.52. The molecule has 0 aromatic carbocycles. The van der Waals surface area contributed by atoms with Crippen LogP contribution in [0.5, 0.6) is 0 Å². The van der Waals surface area contributed by atoms with Crippen molar-refractivity contribution in [2.24, 2.45) is 0 Å². The molecule has 4 nitrogen and oxygen atoms in total. The van der Waals surface area contributed by atoms with Gasteiger partial charge in [0.15, 0.2) is 0 Å². The zero-order chi connectivity index (χ0) is 34.3. The number of ether oxygens (including phenoxy) is 3. The Kier molecular flexibility index (Phi) is 36.0. The maximum Gasteiger partial charge on any atom is 0.0820 e. The monoisotopic (exact) mass is 672 g/mol. The second-order valence-electron chi connectivity index (χ2n) is 14.0. The third-order valence-electron chi connectivity index (χ3n) is 9.36. The summed E-state index contributed by atoms with van der Waals surface area (Å²) in [6.45, 7) is 11.9. The number of nitrogens with zero attached hydrogens (tertiary/aromatic N) is 1. The molecule has 0 N–H and O–H groups in total. The van der Waals surface area contributed by atoms with Gasteiger partial charge in [0.25, 0.3) is 0 Å². The Morgan fingerprint density at radius 2 is 0.958 bits per heavy atom. The van der Waals surface area contributed by atoms with Gasteiger partial charge in [-0.1, -0.05) is 140 Å². The zero-order valence-corrected chi connectivity index (χ0v) is 32.2. The Labute approximate surface area is 300 Å². The number of allylic oxidation sites excluding steroid dienone is 8. The molecular weight excluding hydrogens is 590 g/mol. The quantitative estimate of drug-likeness (QED) is 0.0490. The summed E-state index contributed by atoms with van der Waals surface area (Å²) >= 11 is 0. The Bertz CT molecular complexity index is 739. The van der Waals surface area contributed by atoms with Gasteiger partial charge in [-0.2, -0.15) is 0 Å². The van der Waals surface area contributed by atoms with Crippen molar-refractivity contribution in [3.8, 4) is 0 Å². The molecule has 1 fully saturated rings. The lowest BCUT2D eigenvalue weighted by Gasteiger charge is -2.28. The Balaban J connectivity index is 2.03. The zero-order valence-electron chi connectivity index (χ0n) is 32.2. The van der Waals surface area contributed by atoms with Crippen molar-refractivity contribution in [3.63, 3.8) is 0 Å². The van der Waals surface area contributed by atoms with Crippen molar-refractivity contribution >= 4 is 0 Å². The van der Waals surface area contributed by atoms with Crippen molar-refractivity contribution in [3.05, 3.63) is 48.6 Å². The lowest BCUT2D eigenvalue weighted by Crippen LogP contribution is -2.38. The molecule has 1 aliphatic rings. The second-order valence-corrected chi connectivity index (χ2v) is 14.0. The third-order valence-corrected chi connectivity index (χ3v) is 9.36. The van der Waals surface area contributed by atoms with Crippen molar-refractivity contribution < 1.29 is 14.2 Å². The molecule has 1 rings (SSSR count). The van der Waals surface area contributed by atoms with Crippen LogP contribution in [0.2, 0.25) is 0 Å². The van der Waals surface area contributed by atoms with E-state index in [9.17, 15) is 0 Å². The average Bonchev–Trinajstić information content (AvgIpc) is 3.11. The standard InChI is InChI=1S/C44H81NO3/c1-3-5-7-9-11-13-15-17-19-21-23-25-27-29-31-33-39-47-43-44(35-36-45-37-41-46-42-38-45)48-40-34-32-30-28-26-24-22-20-18-16-14-12-10-8-6-4-2/h11-14,17-20,44H,3-10,15-16,21-43H2,1-2H3/b13-11+,14-12+,19-17+,20-18+. The van der Waals surface area contributed by atoms with Crippen molar-refractivity contribution in [1.82, 2.24) is 4.90 Å². The average molecular weight is 672 g/mol. The lowest BCUT2D eigenvalue weighted by molar-refractivity contribution is -0.0319. The molecule has 0 aromatic rings. The molecule has 1 saturated heterocycles. The van der Waals surface area contributed by atoms with Gasteiger partial charge in [0.2, 0.25) is 0 Å². The minimum absolute atomic E-state index is 0.218. The molecule has 0 aliphatic carbocycles. The summed E-state index contributed by atoms with van der Waals surface area (Å²) in [5.74, 6) is 0. The van der Waals surface area contributed by atoms with Gasteiger partial charge in [-0.3, -0.25) is 4.90 Å². The highest BCUT2D eigenvalue weighted by Crippen LogP contribution is 2.12. The van der Waals surface area contributed by atoms with Gasteiger partial charge in [-0.25, -0.2) is 0 Å². The fraction of sp³-hybridized carbons (Fsp3) is 0.818. The second kappa shape index (κ2) is 38.6. The number of morpholine rings is 1. The van der Waals surface area contributed by atoms with Crippen molar-refractivity contribution in [1.29, 1.82) is 0 Å².